The summed E-state index contributed by atoms with van der Waals surface area (Å²) in [4.78, 5) is 25.4. The van der Waals surface area contributed by atoms with Gasteiger partial charge in [0.1, 0.15) is 5.00 Å². The number of fused-ring (bicyclic) bond motifs is 1. The molecule has 3 rings (SSSR count). The summed E-state index contributed by atoms with van der Waals surface area (Å²) >= 11 is 1.43. The van der Waals surface area contributed by atoms with Gasteiger partial charge in [-0.05, 0) is 30.7 Å². The van der Waals surface area contributed by atoms with Gasteiger partial charge in [-0.3, -0.25) is 9.59 Å². The van der Waals surface area contributed by atoms with Crippen molar-refractivity contribution in [2.45, 2.75) is 45.6 Å². The van der Waals surface area contributed by atoms with Crippen LogP contribution in [0.3, 0.4) is 0 Å². The summed E-state index contributed by atoms with van der Waals surface area (Å²) in [7, 11) is 0. The van der Waals surface area contributed by atoms with E-state index < -0.39 is 5.91 Å². The Morgan fingerprint density at radius 1 is 1.32 bits per heavy atom. The van der Waals surface area contributed by atoms with Crippen LogP contribution in [0.1, 0.15) is 53.4 Å². The molecule has 5 nitrogen and oxygen atoms in total. The Balaban J connectivity index is 1.84. The van der Waals surface area contributed by atoms with E-state index in [4.69, 9.17) is 10.5 Å². The van der Waals surface area contributed by atoms with Gasteiger partial charge in [0.25, 0.3) is 5.91 Å². The molecule has 2 unspecified atom stereocenters. The molecular weight excluding hydrogens is 300 g/mol. The fourth-order valence-electron chi connectivity index (χ4n) is 3.49. The lowest BCUT2D eigenvalue weighted by atomic mass is 9.80. The second-order valence-electron chi connectivity index (χ2n) is 6.23. The van der Waals surface area contributed by atoms with Crippen molar-refractivity contribution >= 4 is 28.2 Å². The van der Waals surface area contributed by atoms with Gasteiger partial charge in [0.05, 0.1) is 18.8 Å². The van der Waals surface area contributed by atoms with Crippen LogP contribution in [0.4, 0.5) is 5.00 Å². The third kappa shape index (κ3) is 2.90. The normalized spacial score (nSPS) is 24.6. The number of carbonyl (C=O) groups excluding carboxylic acids is 2. The van der Waals surface area contributed by atoms with Crippen molar-refractivity contribution in [2.75, 3.05) is 11.9 Å². The number of hydrogen-bond acceptors (Lipinski definition) is 4. The molecule has 1 aliphatic carbocycles. The van der Waals surface area contributed by atoms with Gasteiger partial charge >= 0.3 is 0 Å². The Hall–Kier alpha value is -1.40. The highest BCUT2D eigenvalue weighted by Gasteiger charge is 2.30. The van der Waals surface area contributed by atoms with E-state index in [0.29, 0.717) is 36.1 Å². The standard InChI is InChI=1S/C16H22N2O3S/c1-9-4-2-3-5-10(9)15(20)18-16-13(14(17)19)11-6-7-21-8-12(11)22-16/h9-10H,2-8H2,1H3,(H2,17,19)(H,18,20). The maximum absolute atomic E-state index is 12.6. The van der Waals surface area contributed by atoms with Crippen LogP contribution in [-0.2, 0) is 22.6 Å². The summed E-state index contributed by atoms with van der Waals surface area (Å²) in [6.45, 7) is 3.22. The number of amides is 2. The first-order valence-corrected chi connectivity index (χ1v) is 8.72. The van der Waals surface area contributed by atoms with E-state index >= 15 is 0 Å². The average molecular weight is 322 g/mol. The van der Waals surface area contributed by atoms with E-state index in [-0.39, 0.29) is 11.8 Å². The number of nitrogens with one attached hydrogen (secondary N) is 1. The Morgan fingerprint density at radius 2 is 2.09 bits per heavy atom. The van der Waals surface area contributed by atoms with E-state index in [1.165, 1.54) is 17.8 Å². The minimum atomic E-state index is -0.466. The molecule has 0 spiro atoms. The van der Waals surface area contributed by atoms with Crippen LogP contribution in [0.25, 0.3) is 0 Å². The molecule has 120 valence electrons. The number of primary amides is 1. The predicted octanol–water partition coefficient (Wildman–Crippen LogP) is 2.68. The van der Waals surface area contributed by atoms with Gasteiger partial charge in [-0.25, -0.2) is 0 Å². The monoisotopic (exact) mass is 322 g/mol. The van der Waals surface area contributed by atoms with Crippen LogP contribution in [0.2, 0.25) is 0 Å². The molecular formula is C16H22N2O3S. The zero-order valence-corrected chi connectivity index (χ0v) is 13.6. The minimum absolute atomic E-state index is 0.0224. The topological polar surface area (TPSA) is 81.4 Å². The minimum Gasteiger partial charge on any atom is -0.376 e. The highest BCUT2D eigenvalue weighted by atomic mass is 32.1. The maximum atomic E-state index is 12.6. The molecule has 2 amide bonds. The zero-order valence-electron chi connectivity index (χ0n) is 12.8. The van der Waals surface area contributed by atoms with Gasteiger partial charge < -0.3 is 15.8 Å². The molecule has 0 saturated heterocycles. The van der Waals surface area contributed by atoms with Crippen molar-refractivity contribution in [3.8, 4) is 0 Å². The summed E-state index contributed by atoms with van der Waals surface area (Å²) in [6.07, 6.45) is 4.99. The first-order valence-electron chi connectivity index (χ1n) is 7.91. The molecule has 2 heterocycles. The lowest BCUT2D eigenvalue weighted by Crippen LogP contribution is -2.31. The Labute approximate surface area is 134 Å². The van der Waals surface area contributed by atoms with Gasteiger partial charge in [-0.2, -0.15) is 0 Å². The second-order valence-corrected chi connectivity index (χ2v) is 7.34. The molecule has 0 aromatic carbocycles. The smallest absolute Gasteiger partial charge is 0.251 e. The Morgan fingerprint density at radius 3 is 2.82 bits per heavy atom. The zero-order chi connectivity index (χ0) is 15.7. The summed E-state index contributed by atoms with van der Waals surface area (Å²) in [5, 5.41) is 3.57. The first kappa shape index (κ1) is 15.5. The van der Waals surface area contributed by atoms with Gasteiger partial charge in [-0.15, -0.1) is 11.3 Å². The number of nitrogens with two attached hydrogens (primary N) is 1. The highest BCUT2D eigenvalue weighted by Crippen LogP contribution is 2.37. The van der Waals surface area contributed by atoms with Crippen LogP contribution in [0.5, 0.6) is 0 Å². The quantitative estimate of drug-likeness (QED) is 0.897. The highest BCUT2D eigenvalue weighted by molar-refractivity contribution is 7.17. The van der Waals surface area contributed by atoms with E-state index in [9.17, 15) is 9.59 Å². The van der Waals surface area contributed by atoms with Crippen LogP contribution in [0.15, 0.2) is 0 Å². The van der Waals surface area contributed by atoms with Crippen LogP contribution in [-0.4, -0.2) is 18.4 Å². The molecule has 2 atom stereocenters. The van der Waals surface area contributed by atoms with Gasteiger partial charge in [0, 0.05) is 10.8 Å². The number of ether oxygens (including phenoxy) is 1. The van der Waals surface area contributed by atoms with Crippen LogP contribution >= 0.6 is 11.3 Å². The number of rotatable bonds is 3. The van der Waals surface area contributed by atoms with Gasteiger partial charge in [-0.1, -0.05) is 19.8 Å². The van der Waals surface area contributed by atoms with Crippen molar-refractivity contribution in [2.24, 2.45) is 17.6 Å². The van der Waals surface area contributed by atoms with E-state index in [1.54, 1.807) is 0 Å². The number of hydrogen-bond donors (Lipinski definition) is 2. The number of anilines is 1. The molecule has 1 fully saturated rings. The maximum Gasteiger partial charge on any atom is 0.251 e. The van der Waals surface area contributed by atoms with E-state index in [2.05, 4.69) is 12.2 Å². The van der Waals surface area contributed by atoms with Crippen molar-refractivity contribution in [1.29, 1.82) is 0 Å². The molecule has 22 heavy (non-hydrogen) atoms. The Kier molecular flexibility index (Phi) is 4.49. The third-order valence-corrected chi connectivity index (χ3v) is 5.87. The van der Waals surface area contributed by atoms with Crippen molar-refractivity contribution in [3.05, 3.63) is 16.0 Å². The lowest BCUT2D eigenvalue weighted by Gasteiger charge is -2.27. The molecule has 0 radical (unpaired) electrons. The molecule has 1 aromatic rings. The fourth-order valence-corrected chi connectivity index (χ4v) is 4.68. The van der Waals surface area contributed by atoms with Crippen LogP contribution < -0.4 is 11.1 Å². The molecule has 1 aliphatic heterocycles. The number of carbonyl (C=O) groups is 2. The summed E-state index contributed by atoms with van der Waals surface area (Å²) in [5.41, 5.74) is 6.98. The summed E-state index contributed by atoms with van der Waals surface area (Å²) in [5.74, 6) is -0.0193. The summed E-state index contributed by atoms with van der Waals surface area (Å²) < 4.78 is 5.43. The van der Waals surface area contributed by atoms with E-state index in [1.807, 2.05) is 0 Å². The molecule has 3 N–H and O–H groups in total. The van der Waals surface area contributed by atoms with Crippen LogP contribution in [0, 0.1) is 11.8 Å². The van der Waals surface area contributed by atoms with Gasteiger partial charge in [0.2, 0.25) is 5.91 Å². The van der Waals surface area contributed by atoms with Crippen molar-refractivity contribution in [1.82, 2.24) is 0 Å². The van der Waals surface area contributed by atoms with E-state index in [0.717, 1.165) is 29.7 Å². The molecule has 0 bridgehead atoms. The Bertz CT molecular complexity index is 596. The number of thiophene rings is 1. The molecule has 6 heteroatoms. The third-order valence-electron chi connectivity index (χ3n) is 4.75. The second kappa shape index (κ2) is 6.38. The average Bonchev–Trinajstić information content (AvgIpc) is 2.85. The molecule has 1 saturated carbocycles. The van der Waals surface area contributed by atoms with Gasteiger partial charge in [0.15, 0.2) is 0 Å². The molecule has 2 aliphatic rings. The molecule has 1 aromatic heterocycles. The lowest BCUT2D eigenvalue weighted by molar-refractivity contribution is -0.122. The largest absolute Gasteiger partial charge is 0.376 e. The fraction of sp³-hybridized carbons (Fsp3) is 0.625. The SMILES string of the molecule is CC1CCCCC1C(=O)Nc1sc2c(c1C(N)=O)CCOC2. The first-order chi connectivity index (χ1) is 10.6. The predicted molar refractivity (Wildman–Crippen MR) is 85.9 cm³/mol. The van der Waals surface area contributed by atoms with Crippen molar-refractivity contribution < 1.29 is 14.3 Å². The summed E-state index contributed by atoms with van der Waals surface area (Å²) in [6, 6.07) is 0. The van der Waals surface area contributed by atoms with Crippen molar-refractivity contribution in [3.63, 3.8) is 0 Å².